The molecule has 4 rings (SSSR count). The topological polar surface area (TPSA) is 14.2 Å². The Hall–Kier alpha value is -2.26. The molecule has 0 amide bonds. The molecule has 0 saturated heterocycles. The summed E-state index contributed by atoms with van der Waals surface area (Å²) in [5.74, 6) is 0.862. The Labute approximate surface area is 137 Å². The van der Waals surface area contributed by atoms with E-state index in [1.807, 2.05) is 24.3 Å². The van der Waals surface area contributed by atoms with Crippen LogP contribution in [-0.4, -0.2) is 11.7 Å². The van der Waals surface area contributed by atoms with Gasteiger partial charge in [-0.25, -0.2) is 0 Å². The summed E-state index contributed by atoms with van der Waals surface area (Å²) in [5, 5.41) is 2.42. The largest absolute Gasteiger partial charge is 0.497 e. The predicted molar refractivity (Wildman–Crippen MR) is 93.9 cm³/mol. The number of ether oxygens (including phenoxy) is 1. The summed E-state index contributed by atoms with van der Waals surface area (Å²) in [6.45, 7) is 0. The molecule has 107 valence electrons. The van der Waals surface area contributed by atoms with Gasteiger partial charge in [0.15, 0.2) is 0 Å². The van der Waals surface area contributed by atoms with E-state index in [2.05, 4.69) is 63.0 Å². The first kappa shape index (κ1) is 13.4. The number of aromatic nitrogens is 1. The summed E-state index contributed by atoms with van der Waals surface area (Å²) >= 11 is 3.57. The molecule has 0 saturated carbocycles. The van der Waals surface area contributed by atoms with Crippen LogP contribution in [-0.2, 0) is 0 Å². The predicted octanol–water partition coefficient (Wildman–Crippen LogP) is 5.35. The smallest absolute Gasteiger partial charge is 0.119 e. The zero-order valence-corrected chi connectivity index (χ0v) is 13.6. The van der Waals surface area contributed by atoms with Gasteiger partial charge in [-0.05, 0) is 60.7 Å². The molecule has 0 N–H and O–H groups in total. The van der Waals surface area contributed by atoms with Crippen LogP contribution in [0.1, 0.15) is 0 Å². The molecule has 2 nitrogen and oxygen atoms in total. The Morgan fingerprint density at radius 1 is 0.955 bits per heavy atom. The third-order valence-electron chi connectivity index (χ3n) is 3.90. The van der Waals surface area contributed by atoms with Crippen LogP contribution in [0.15, 0.2) is 65.1 Å². The maximum absolute atomic E-state index is 5.26. The highest BCUT2D eigenvalue weighted by atomic mass is 79.9. The summed E-state index contributed by atoms with van der Waals surface area (Å²) in [4.78, 5) is 0. The summed E-state index contributed by atoms with van der Waals surface area (Å²) < 4.78 is 8.61. The van der Waals surface area contributed by atoms with Gasteiger partial charge in [-0.3, -0.25) is 0 Å². The third kappa shape index (κ3) is 2.01. The summed E-state index contributed by atoms with van der Waals surface area (Å²) in [6, 6.07) is 23.8. The number of methoxy groups -OCH3 is 1. The van der Waals surface area contributed by atoms with Crippen molar-refractivity contribution >= 4 is 37.7 Å². The van der Waals surface area contributed by atoms with Gasteiger partial charge < -0.3 is 9.30 Å². The summed E-state index contributed by atoms with van der Waals surface area (Å²) in [6.07, 6.45) is 0. The third-order valence-corrected chi connectivity index (χ3v) is 4.40. The van der Waals surface area contributed by atoms with Gasteiger partial charge in [0.2, 0.25) is 0 Å². The molecule has 4 aromatic rings. The van der Waals surface area contributed by atoms with E-state index in [-0.39, 0.29) is 0 Å². The second kappa shape index (κ2) is 5.18. The normalized spacial score (nSPS) is 11.2. The minimum absolute atomic E-state index is 0.862. The van der Waals surface area contributed by atoms with E-state index in [0.717, 1.165) is 15.9 Å². The van der Waals surface area contributed by atoms with Crippen molar-refractivity contribution in [3.05, 3.63) is 71.2 Å². The van der Waals surface area contributed by atoms with E-state index < -0.39 is 0 Å². The molecule has 3 heteroatoms. The molecule has 3 aromatic carbocycles. The van der Waals surface area contributed by atoms with Crippen LogP contribution in [0.3, 0.4) is 0 Å². The fourth-order valence-corrected chi connectivity index (χ4v) is 3.25. The van der Waals surface area contributed by atoms with Crippen molar-refractivity contribution in [3.63, 3.8) is 0 Å². The molecule has 1 radical (unpaired) electrons. The van der Waals surface area contributed by atoms with Crippen molar-refractivity contribution in [2.45, 2.75) is 0 Å². The van der Waals surface area contributed by atoms with Crippen molar-refractivity contribution in [2.75, 3.05) is 7.11 Å². The zero-order chi connectivity index (χ0) is 15.1. The standard InChI is InChI=1S/C19H13BrNO/c1-22-15-9-7-14(8-10-15)21-18-5-3-2-4-16(18)17-12-13(20)6-11-19(17)21/h3-12H,1H3. The number of fused-ring (bicyclic) bond motifs is 3. The maximum Gasteiger partial charge on any atom is 0.119 e. The minimum Gasteiger partial charge on any atom is -0.497 e. The lowest BCUT2D eigenvalue weighted by Crippen LogP contribution is -1.93. The van der Waals surface area contributed by atoms with Gasteiger partial charge in [-0.1, -0.05) is 22.0 Å². The number of benzene rings is 3. The number of hydrogen-bond donors (Lipinski definition) is 0. The van der Waals surface area contributed by atoms with Crippen molar-refractivity contribution in [3.8, 4) is 11.4 Å². The van der Waals surface area contributed by atoms with Crippen molar-refractivity contribution in [2.24, 2.45) is 0 Å². The molecule has 0 bridgehead atoms. The minimum atomic E-state index is 0.862. The number of nitrogens with zero attached hydrogens (tertiary/aromatic N) is 1. The highest BCUT2D eigenvalue weighted by Crippen LogP contribution is 2.33. The fraction of sp³-hybridized carbons (Fsp3) is 0.0526. The monoisotopic (exact) mass is 350 g/mol. The Morgan fingerprint density at radius 2 is 1.73 bits per heavy atom. The van der Waals surface area contributed by atoms with Crippen LogP contribution in [0.25, 0.3) is 27.5 Å². The Bertz CT molecular complexity index is 970. The molecule has 0 aliphatic rings. The quantitative estimate of drug-likeness (QED) is 0.475. The highest BCUT2D eigenvalue weighted by molar-refractivity contribution is 9.10. The van der Waals surface area contributed by atoms with Crippen molar-refractivity contribution in [1.29, 1.82) is 0 Å². The van der Waals surface area contributed by atoms with Crippen LogP contribution < -0.4 is 4.74 Å². The Kier molecular flexibility index (Phi) is 3.16. The van der Waals surface area contributed by atoms with Crippen LogP contribution in [0.4, 0.5) is 0 Å². The highest BCUT2D eigenvalue weighted by Gasteiger charge is 2.12. The first-order chi connectivity index (χ1) is 10.8. The number of hydrogen-bond acceptors (Lipinski definition) is 1. The molecular weight excluding hydrogens is 338 g/mol. The average Bonchev–Trinajstić information content (AvgIpc) is 2.89. The van der Waals surface area contributed by atoms with Gasteiger partial charge in [0.25, 0.3) is 0 Å². The van der Waals surface area contributed by atoms with Crippen molar-refractivity contribution < 1.29 is 4.74 Å². The molecule has 0 spiro atoms. The first-order valence-corrected chi connectivity index (χ1v) is 7.81. The van der Waals surface area contributed by atoms with Gasteiger partial charge in [0.05, 0.1) is 18.1 Å². The summed E-state index contributed by atoms with van der Waals surface area (Å²) in [7, 11) is 1.68. The van der Waals surface area contributed by atoms with Crippen molar-refractivity contribution in [1.82, 2.24) is 4.57 Å². The van der Waals surface area contributed by atoms with E-state index in [0.29, 0.717) is 0 Å². The Morgan fingerprint density at radius 3 is 2.50 bits per heavy atom. The fourth-order valence-electron chi connectivity index (χ4n) is 2.89. The first-order valence-electron chi connectivity index (χ1n) is 7.02. The molecule has 0 fully saturated rings. The molecule has 0 unspecified atom stereocenters. The molecule has 1 heterocycles. The van der Waals surface area contributed by atoms with E-state index >= 15 is 0 Å². The van der Waals surface area contributed by atoms with Crippen LogP contribution >= 0.6 is 15.9 Å². The molecule has 22 heavy (non-hydrogen) atoms. The molecular formula is C19H13BrNO. The van der Waals surface area contributed by atoms with Crippen LogP contribution in [0, 0.1) is 6.07 Å². The molecule has 0 aliphatic heterocycles. The van der Waals surface area contributed by atoms with Gasteiger partial charge in [-0.2, -0.15) is 0 Å². The SMILES string of the molecule is COc1ccc(-n2c3cc[c]cc3c3cc(Br)ccc32)cc1. The Balaban J connectivity index is 2.09. The van der Waals surface area contributed by atoms with Gasteiger partial charge >= 0.3 is 0 Å². The maximum atomic E-state index is 5.26. The lowest BCUT2D eigenvalue weighted by Gasteiger charge is -2.08. The zero-order valence-electron chi connectivity index (χ0n) is 12.0. The van der Waals surface area contributed by atoms with Gasteiger partial charge in [0, 0.05) is 20.9 Å². The molecule has 0 aliphatic carbocycles. The van der Waals surface area contributed by atoms with Gasteiger partial charge in [-0.15, -0.1) is 0 Å². The van der Waals surface area contributed by atoms with Crippen LogP contribution in [0.2, 0.25) is 0 Å². The number of halogens is 1. The average molecular weight is 351 g/mol. The number of rotatable bonds is 2. The van der Waals surface area contributed by atoms with E-state index in [1.165, 1.54) is 21.8 Å². The lowest BCUT2D eigenvalue weighted by molar-refractivity contribution is 0.415. The van der Waals surface area contributed by atoms with E-state index in [1.54, 1.807) is 7.11 Å². The van der Waals surface area contributed by atoms with E-state index in [4.69, 9.17) is 4.74 Å². The lowest BCUT2D eigenvalue weighted by atomic mass is 10.2. The second-order valence-corrected chi connectivity index (χ2v) is 6.05. The van der Waals surface area contributed by atoms with E-state index in [9.17, 15) is 0 Å². The second-order valence-electron chi connectivity index (χ2n) is 5.14. The van der Waals surface area contributed by atoms with Gasteiger partial charge in [0.1, 0.15) is 5.75 Å². The molecule has 1 aromatic heterocycles. The summed E-state index contributed by atoms with van der Waals surface area (Å²) in [5.41, 5.74) is 3.48. The van der Waals surface area contributed by atoms with Crippen LogP contribution in [0.5, 0.6) is 5.75 Å². The molecule has 0 atom stereocenters.